The maximum absolute atomic E-state index is 9.00. The van der Waals surface area contributed by atoms with Gasteiger partial charge in [-0.15, -0.1) is 0 Å². The first-order valence-electron chi connectivity index (χ1n) is 7.52. The summed E-state index contributed by atoms with van der Waals surface area (Å²) in [7, 11) is 0. The number of anilines is 2. The second-order valence-corrected chi connectivity index (χ2v) is 5.37. The summed E-state index contributed by atoms with van der Waals surface area (Å²) in [5.74, 6) is 1.45. The zero-order valence-corrected chi connectivity index (χ0v) is 12.9. The van der Waals surface area contributed by atoms with Crippen LogP contribution < -0.4 is 10.2 Å². The Balaban J connectivity index is 1.63. The lowest BCUT2D eigenvalue weighted by Gasteiger charge is -2.32. The minimum atomic E-state index is 0.230. The zero-order valence-electron chi connectivity index (χ0n) is 12.9. The molecule has 0 saturated carbocycles. The van der Waals surface area contributed by atoms with Crippen LogP contribution in [-0.2, 0) is 11.3 Å². The van der Waals surface area contributed by atoms with Gasteiger partial charge in [-0.3, -0.25) is 0 Å². The summed E-state index contributed by atoms with van der Waals surface area (Å²) in [6.07, 6.45) is 5.13. The van der Waals surface area contributed by atoms with Gasteiger partial charge in [0, 0.05) is 38.2 Å². The van der Waals surface area contributed by atoms with Crippen LogP contribution in [0, 0.1) is 11.3 Å². The van der Waals surface area contributed by atoms with E-state index in [1.807, 2.05) is 24.4 Å². The quantitative estimate of drug-likeness (QED) is 0.917. The molecular formula is C16H18N6O. The summed E-state index contributed by atoms with van der Waals surface area (Å²) in [6, 6.07) is 6.05. The van der Waals surface area contributed by atoms with Gasteiger partial charge >= 0.3 is 0 Å². The highest BCUT2D eigenvalue weighted by Gasteiger charge is 2.17. The summed E-state index contributed by atoms with van der Waals surface area (Å²) < 4.78 is 5.54. The Labute approximate surface area is 135 Å². The van der Waals surface area contributed by atoms with Crippen molar-refractivity contribution < 1.29 is 4.74 Å². The third-order valence-electron chi connectivity index (χ3n) is 3.64. The predicted octanol–water partition coefficient (Wildman–Crippen LogP) is 1.58. The highest BCUT2D eigenvalue weighted by atomic mass is 16.5. The second-order valence-electron chi connectivity index (χ2n) is 5.37. The number of morpholine rings is 1. The van der Waals surface area contributed by atoms with E-state index in [1.54, 1.807) is 6.20 Å². The Kier molecular flexibility index (Phi) is 4.64. The number of nitrogens with one attached hydrogen (secondary N) is 1. The van der Waals surface area contributed by atoms with E-state index in [2.05, 4.69) is 32.1 Å². The normalized spacial score (nSPS) is 17.6. The molecule has 0 aromatic carbocycles. The largest absolute Gasteiger partial charge is 0.375 e. The Morgan fingerprint density at radius 1 is 1.35 bits per heavy atom. The summed E-state index contributed by atoms with van der Waals surface area (Å²) >= 11 is 0. The molecule has 1 saturated heterocycles. The van der Waals surface area contributed by atoms with Crippen molar-refractivity contribution in [2.75, 3.05) is 29.9 Å². The van der Waals surface area contributed by atoms with Crippen LogP contribution in [0.1, 0.15) is 18.2 Å². The number of pyridine rings is 1. The van der Waals surface area contributed by atoms with Gasteiger partial charge in [0.05, 0.1) is 12.7 Å². The molecule has 0 radical (unpaired) electrons. The van der Waals surface area contributed by atoms with Crippen LogP contribution in [0.15, 0.2) is 30.7 Å². The number of aromatic nitrogens is 3. The molecule has 3 rings (SSSR count). The Bertz CT molecular complexity index is 696. The van der Waals surface area contributed by atoms with E-state index in [4.69, 9.17) is 10.00 Å². The van der Waals surface area contributed by atoms with E-state index in [0.29, 0.717) is 18.1 Å². The first-order chi connectivity index (χ1) is 11.3. The van der Waals surface area contributed by atoms with Crippen molar-refractivity contribution in [3.8, 4) is 6.07 Å². The van der Waals surface area contributed by atoms with Crippen molar-refractivity contribution in [2.45, 2.75) is 19.6 Å². The van der Waals surface area contributed by atoms with Crippen LogP contribution in [0.3, 0.4) is 0 Å². The molecule has 1 N–H and O–H groups in total. The van der Waals surface area contributed by atoms with E-state index in [-0.39, 0.29) is 6.10 Å². The van der Waals surface area contributed by atoms with Gasteiger partial charge in [0.1, 0.15) is 11.9 Å². The number of hydrogen-bond donors (Lipinski definition) is 1. The molecule has 0 bridgehead atoms. The second kappa shape index (κ2) is 7.03. The summed E-state index contributed by atoms with van der Waals surface area (Å²) in [5.41, 5.74) is 1.31. The van der Waals surface area contributed by atoms with Gasteiger partial charge in [-0.2, -0.15) is 5.26 Å². The highest BCUT2D eigenvalue weighted by molar-refractivity contribution is 5.47. The molecule has 1 aliphatic rings. The fourth-order valence-corrected chi connectivity index (χ4v) is 2.47. The van der Waals surface area contributed by atoms with E-state index in [9.17, 15) is 0 Å². The van der Waals surface area contributed by atoms with E-state index < -0.39 is 0 Å². The van der Waals surface area contributed by atoms with Crippen LogP contribution in [0.5, 0.6) is 0 Å². The summed E-state index contributed by atoms with van der Waals surface area (Å²) in [4.78, 5) is 14.8. The Morgan fingerprint density at radius 3 is 2.96 bits per heavy atom. The molecule has 1 aliphatic heterocycles. The third-order valence-corrected chi connectivity index (χ3v) is 3.64. The topological polar surface area (TPSA) is 87.0 Å². The van der Waals surface area contributed by atoms with Gasteiger partial charge in [-0.25, -0.2) is 15.0 Å². The lowest BCUT2D eigenvalue weighted by atomic mass is 10.2. The molecule has 0 spiro atoms. The van der Waals surface area contributed by atoms with E-state index >= 15 is 0 Å². The minimum absolute atomic E-state index is 0.230. The van der Waals surface area contributed by atoms with E-state index in [1.165, 1.54) is 6.20 Å². The van der Waals surface area contributed by atoms with Crippen molar-refractivity contribution in [3.05, 3.63) is 42.0 Å². The fraction of sp³-hybridized carbons (Fsp3) is 0.375. The molecule has 0 amide bonds. The first-order valence-corrected chi connectivity index (χ1v) is 7.52. The number of nitriles is 1. The first kappa shape index (κ1) is 15.2. The minimum Gasteiger partial charge on any atom is -0.375 e. The van der Waals surface area contributed by atoms with Crippen molar-refractivity contribution in [2.24, 2.45) is 0 Å². The summed E-state index contributed by atoms with van der Waals surface area (Å²) in [5, 5.41) is 12.1. The average molecular weight is 310 g/mol. The molecule has 23 heavy (non-hydrogen) atoms. The van der Waals surface area contributed by atoms with Crippen LogP contribution in [-0.4, -0.2) is 40.8 Å². The molecular weight excluding hydrogens is 292 g/mol. The van der Waals surface area contributed by atoms with Crippen LogP contribution in [0.4, 0.5) is 11.6 Å². The maximum atomic E-state index is 9.00. The van der Waals surface area contributed by atoms with Crippen molar-refractivity contribution in [3.63, 3.8) is 0 Å². The number of hydrogen-bond acceptors (Lipinski definition) is 7. The molecule has 2 aromatic rings. The van der Waals surface area contributed by atoms with Gasteiger partial charge in [0.15, 0.2) is 11.5 Å². The van der Waals surface area contributed by atoms with E-state index in [0.717, 1.165) is 31.1 Å². The van der Waals surface area contributed by atoms with Gasteiger partial charge < -0.3 is 15.0 Å². The predicted molar refractivity (Wildman–Crippen MR) is 85.9 cm³/mol. The lowest BCUT2D eigenvalue weighted by Crippen LogP contribution is -2.41. The molecule has 1 unspecified atom stereocenters. The third kappa shape index (κ3) is 3.73. The van der Waals surface area contributed by atoms with Gasteiger partial charge in [0.2, 0.25) is 0 Å². The molecule has 0 aliphatic carbocycles. The number of nitrogens with zero attached hydrogens (tertiary/aromatic N) is 5. The number of rotatable bonds is 4. The van der Waals surface area contributed by atoms with Crippen LogP contribution >= 0.6 is 0 Å². The summed E-state index contributed by atoms with van der Waals surface area (Å²) in [6.45, 7) is 5.06. The molecule has 7 nitrogen and oxygen atoms in total. The molecule has 7 heteroatoms. The maximum Gasteiger partial charge on any atom is 0.182 e. The molecule has 1 atom stereocenters. The van der Waals surface area contributed by atoms with Gasteiger partial charge in [-0.05, 0) is 18.6 Å². The molecule has 118 valence electrons. The zero-order chi connectivity index (χ0) is 16.1. The molecule has 2 aromatic heterocycles. The molecule has 3 heterocycles. The fourth-order valence-electron chi connectivity index (χ4n) is 2.47. The van der Waals surface area contributed by atoms with Crippen LogP contribution in [0.25, 0.3) is 0 Å². The number of ether oxygens (including phenoxy) is 1. The lowest BCUT2D eigenvalue weighted by molar-refractivity contribution is 0.0529. The Hall–Kier alpha value is -2.72. The van der Waals surface area contributed by atoms with Gasteiger partial charge in [0.25, 0.3) is 0 Å². The smallest absolute Gasteiger partial charge is 0.182 e. The monoisotopic (exact) mass is 310 g/mol. The average Bonchev–Trinajstić information content (AvgIpc) is 2.60. The molecule has 1 fully saturated rings. The Morgan fingerprint density at radius 2 is 2.22 bits per heavy atom. The van der Waals surface area contributed by atoms with Crippen LogP contribution in [0.2, 0.25) is 0 Å². The van der Waals surface area contributed by atoms with Crippen molar-refractivity contribution in [1.82, 2.24) is 15.0 Å². The van der Waals surface area contributed by atoms with Gasteiger partial charge in [-0.1, -0.05) is 6.07 Å². The van der Waals surface area contributed by atoms with Crippen molar-refractivity contribution >= 4 is 11.6 Å². The standard InChI is InChI=1S/C16H18N6O/c1-12-11-22(6-7-23-12)15-3-2-13(9-20-15)10-21-16-14(8-17)18-4-5-19-16/h2-5,9,12H,6-7,10-11H2,1H3,(H,19,21). The van der Waals surface area contributed by atoms with Crippen molar-refractivity contribution in [1.29, 1.82) is 5.26 Å². The SMILES string of the molecule is CC1CN(c2ccc(CNc3nccnc3C#N)cn2)CCO1. The highest BCUT2D eigenvalue weighted by Crippen LogP contribution is 2.16.